The second kappa shape index (κ2) is 8.62. The Morgan fingerprint density at radius 3 is 2.64 bits per heavy atom. The summed E-state index contributed by atoms with van der Waals surface area (Å²) >= 11 is 0. The lowest BCUT2D eigenvalue weighted by molar-refractivity contribution is -0.653. The molecule has 28 heavy (non-hydrogen) atoms. The van der Waals surface area contributed by atoms with Crippen LogP contribution in [0.3, 0.4) is 0 Å². The van der Waals surface area contributed by atoms with Gasteiger partial charge in [-0.15, -0.1) is 5.82 Å². The maximum atomic E-state index is 13.0. The van der Waals surface area contributed by atoms with Crippen LogP contribution in [0, 0.1) is 11.3 Å². The molecule has 0 fully saturated rings. The molecule has 0 unspecified atom stereocenters. The number of nitrogens with zero attached hydrogens (tertiary/aromatic N) is 3. The van der Waals surface area contributed by atoms with Crippen molar-refractivity contribution in [1.82, 2.24) is 4.57 Å². The second-order valence-corrected chi connectivity index (χ2v) is 6.55. The monoisotopic (exact) mass is 375 g/mol. The number of benzene rings is 1. The van der Waals surface area contributed by atoms with Crippen molar-refractivity contribution >= 4 is 19.0 Å². The molecule has 0 saturated carbocycles. The van der Waals surface area contributed by atoms with Crippen LogP contribution >= 0.6 is 0 Å². The number of rotatable bonds is 7. The average molecular weight is 375 g/mol. The van der Waals surface area contributed by atoms with Gasteiger partial charge in [0.15, 0.2) is 0 Å². The number of ether oxygens (including phenoxy) is 1. The molecule has 0 aliphatic rings. The van der Waals surface area contributed by atoms with Gasteiger partial charge in [0.05, 0.1) is 38.6 Å². The Balaban J connectivity index is 2.07. The summed E-state index contributed by atoms with van der Waals surface area (Å²) in [5.74, 6) is -0.638. The molecule has 3 aromatic rings. The van der Waals surface area contributed by atoms with Crippen molar-refractivity contribution < 1.29 is 18.5 Å². The van der Waals surface area contributed by atoms with Gasteiger partial charge in [-0.25, -0.2) is 0 Å². The molecule has 0 aliphatic heterocycles. The van der Waals surface area contributed by atoms with Crippen molar-refractivity contribution in [2.45, 2.75) is 18.7 Å². The molecule has 0 amide bonds. The van der Waals surface area contributed by atoms with Crippen LogP contribution < -0.4 is 10.3 Å². The minimum absolute atomic E-state index is 0.292. The summed E-state index contributed by atoms with van der Waals surface area (Å²) in [6.07, 6.45) is 5.45. The summed E-state index contributed by atoms with van der Waals surface area (Å²) in [7, 11) is 5.76. The summed E-state index contributed by atoms with van der Waals surface area (Å²) in [4.78, 5) is 13.0. The average Bonchev–Trinajstić information content (AvgIpc) is 3.33. The minimum atomic E-state index is -0.598. The Labute approximate surface area is 165 Å². The molecule has 7 heteroatoms. The zero-order chi connectivity index (χ0) is 20.1. The van der Waals surface area contributed by atoms with Crippen molar-refractivity contribution in [1.29, 1.82) is 5.26 Å². The molecule has 2 atom stereocenters. The van der Waals surface area contributed by atoms with Gasteiger partial charge < -0.3 is 9.15 Å². The first kappa shape index (κ1) is 19.5. The molecular formula is C21H22BN3O3. The molecule has 2 radical (unpaired) electrons. The molecule has 0 bridgehead atoms. The van der Waals surface area contributed by atoms with Gasteiger partial charge in [-0.05, 0) is 36.8 Å². The van der Waals surface area contributed by atoms with Gasteiger partial charge in [0, 0.05) is 11.6 Å². The molecule has 2 heterocycles. The summed E-state index contributed by atoms with van der Waals surface area (Å²) in [6, 6.07) is 13.0. The maximum absolute atomic E-state index is 13.0. The molecule has 0 saturated heterocycles. The zero-order valence-corrected chi connectivity index (χ0v) is 16.2. The molecule has 0 aliphatic carbocycles. The fraction of sp³-hybridized carbons (Fsp3) is 0.286. The fourth-order valence-electron chi connectivity index (χ4n) is 3.32. The lowest BCUT2D eigenvalue weighted by Crippen LogP contribution is -2.52. The first-order valence-corrected chi connectivity index (χ1v) is 9.11. The van der Waals surface area contributed by atoms with Crippen LogP contribution in [0.5, 0.6) is 0 Å². The first-order valence-electron chi connectivity index (χ1n) is 9.11. The molecule has 0 N–H and O–H groups in total. The Kier molecular flexibility index (Phi) is 6.00. The highest BCUT2D eigenvalue weighted by Crippen LogP contribution is 2.36. The number of aromatic nitrogens is 2. The highest BCUT2D eigenvalue weighted by atomic mass is 16.5. The molecule has 0 spiro atoms. The third kappa shape index (κ3) is 4.01. The first-order chi connectivity index (χ1) is 13.5. The number of hydrogen-bond donors (Lipinski definition) is 0. The third-order valence-corrected chi connectivity index (χ3v) is 4.73. The van der Waals surface area contributed by atoms with Gasteiger partial charge in [-0.3, -0.25) is 13.9 Å². The Morgan fingerprint density at radius 1 is 1.36 bits per heavy atom. The van der Waals surface area contributed by atoms with Gasteiger partial charge in [0.25, 0.3) is 5.97 Å². The number of imidazole rings is 1. The van der Waals surface area contributed by atoms with E-state index in [1.54, 1.807) is 31.4 Å². The van der Waals surface area contributed by atoms with Crippen LogP contribution in [0.15, 0.2) is 59.5 Å². The largest absolute Gasteiger partial charge is 0.469 e. The summed E-state index contributed by atoms with van der Waals surface area (Å²) < 4.78 is 15.0. The van der Waals surface area contributed by atoms with E-state index in [1.165, 1.54) is 0 Å². The molecular weight excluding hydrogens is 353 g/mol. The zero-order valence-electron chi connectivity index (χ0n) is 16.2. The number of carbonyl (C=O) groups is 1. The van der Waals surface area contributed by atoms with E-state index < -0.39 is 5.82 Å². The Hall–Kier alpha value is -3.27. The van der Waals surface area contributed by atoms with E-state index in [9.17, 15) is 4.79 Å². The van der Waals surface area contributed by atoms with E-state index in [0.29, 0.717) is 17.9 Å². The van der Waals surface area contributed by atoms with Crippen molar-refractivity contribution in [3.8, 4) is 6.07 Å². The van der Waals surface area contributed by atoms with Crippen LogP contribution in [0.4, 0.5) is 0 Å². The molecule has 142 valence electrons. The molecule has 1 aromatic carbocycles. The Morgan fingerprint density at radius 2 is 2.11 bits per heavy atom. The minimum Gasteiger partial charge on any atom is -0.469 e. The van der Waals surface area contributed by atoms with Gasteiger partial charge in [0.1, 0.15) is 18.2 Å². The van der Waals surface area contributed by atoms with Gasteiger partial charge in [0.2, 0.25) is 0 Å². The second-order valence-electron chi connectivity index (χ2n) is 6.55. The summed E-state index contributed by atoms with van der Waals surface area (Å²) in [5, 5.41) is 9.10. The third-order valence-electron chi connectivity index (χ3n) is 4.73. The standard InChI is InChI=1S/C21H22BN3O3/c1-4-27-20(26)19(22-21-24(2)11-12-25(21)3)18(17-6-5-13-28-17)16-9-7-15(14-23)8-10-16/h5-13,18-19H,4H2,1-3H3/t18-,19-/m0/s1. The van der Waals surface area contributed by atoms with E-state index in [1.807, 2.05) is 61.1 Å². The van der Waals surface area contributed by atoms with Crippen LogP contribution in [-0.2, 0) is 23.6 Å². The summed E-state index contributed by atoms with van der Waals surface area (Å²) in [6.45, 7) is 2.09. The van der Waals surface area contributed by atoms with Crippen LogP contribution in [0.1, 0.15) is 29.7 Å². The maximum Gasteiger partial charge on any atom is 0.269 e. The SMILES string of the molecule is CCOC(=O)[C@@H]([B-]c1n(C)cc[n+]1C)[C@@H](c1ccc(C#N)cc1)c1ccco1. The van der Waals surface area contributed by atoms with Gasteiger partial charge >= 0.3 is 0 Å². The van der Waals surface area contributed by atoms with Crippen molar-refractivity contribution in [3.05, 3.63) is 71.9 Å². The molecule has 2 aromatic heterocycles. The lowest BCUT2D eigenvalue weighted by Gasteiger charge is -2.32. The normalized spacial score (nSPS) is 12.9. The Bertz CT molecular complexity index is 952. The van der Waals surface area contributed by atoms with E-state index in [0.717, 1.165) is 11.3 Å². The highest BCUT2D eigenvalue weighted by Gasteiger charge is 2.28. The van der Waals surface area contributed by atoms with Crippen LogP contribution in [0.25, 0.3) is 0 Å². The van der Waals surface area contributed by atoms with E-state index in [4.69, 9.17) is 14.4 Å². The number of esters is 1. The van der Waals surface area contributed by atoms with Crippen LogP contribution in [0.2, 0.25) is 5.82 Å². The quantitative estimate of drug-likeness (QED) is 0.359. The number of nitriles is 1. The van der Waals surface area contributed by atoms with Gasteiger partial charge in [-0.1, -0.05) is 12.1 Å². The van der Waals surface area contributed by atoms with Crippen molar-refractivity contribution in [2.75, 3.05) is 6.61 Å². The van der Waals surface area contributed by atoms with Gasteiger partial charge in [-0.2, -0.15) is 12.5 Å². The predicted octanol–water partition coefficient (Wildman–Crippen LogP) is 1.83. The molecule has 3 rings (SSSR count). The van der Waals surface area contributed by atoms with Crippen LogP contribution in [-0.4, -0.2) is 24.4 Å². The topological polar surface area (TPSA) is 72.0 Å². The van der Waals surface area contributed by atoms with E-state index in [2.05, 4.69) is 6.07 Å². The smallest absolute Gasteiger partial charge is 0.269 e. The molecule has 6 nitrogen and oxygen atoms in total. The number of furan rings is 1. The number of aryl methyl sites for hydroxylation is 2. The van der Waals surface area contributed by atoms with E-state index in [-0.39, 0.29) is 11.9 Å². The fourth-order valence-corrected chi connectivity index (χ4v) is 3.32. The van der Waals surface area contributed by atoms with Crippen molar-refractivity contribution in [2.24, 2.45) is 14.1 Å². The summed E-state index contributed by atoms with van der Waals surface area (Å²) in [5.41, 5.74) is 2.32. The van der Waals surface area contributed by atoms with E-state index >= 15 is 0 Å². The lowest BCUT2D eigenvalue weighted by atomic mass is 9.56. The number of carbonyl (C=O) groups excluding carboxylic acids is 1. The predicted molar refractivity (Wildman–Crippen MR) is 104 cm³/mol. The number of hydrogen-bond acceptors (Lipinski definition) is 4. The van der Waals surface area contributed by atoms with Crippen molar-refractivity contribution in [3.63, 3.8) is 0 Å². The highest BCUT2D eigenvalue weighted by molar-refractivity contribution is 6.56.